The van der Waals surface area contributed by atoms with Gasteiger partial charge in [-0.3, -0.25) is 4.79 Å². The number of nitrogens with zero attached hydrogens (tertiary/aromatic N) is 2. The van der Waals surface area contributed by atoms with Gasteiger partial charge in [0.1, 0.15) is 0 Å². The Hall–Kier alpha value is -2.15. The van der Waals surface area contributed by atoms with Crippen LogP contribution in [0.3, 0.4) is 0 Å². The highest BCUT2D eigenvalue weighted by molar-refractivity contribution is 7.91. The summed E-state index contributed by atoms with van der Waals surface area (Å²) in [4.78, 5) is 14.8. The summed E-state index contributed by atoms with van der Waals surface area (Å²) >= 11 is 0. The normalized spacial score (nSPS) is 20.6. The summed E-state index contributed by atoms with van der Waals surface area (Å²) in [6.07, 6.45) is 1.70. The van der Waals surface area contributed by atoms with Crippen LogP contribution in [0.1, 0.15) is 44.1 Å². The van der Waals surface area contributed by atoms with E-state index in [-0.39, 0.29) is 17.4 Å². The first-order valence-electron chi connectivity index (χ1n) is 9.39. The molecule has 0 spiro atoms. The number of hydrogen-bond donors (Lipinski definition) is 0. The third kappa shape index (κ3) is 4.40. The third-order valence-electron chi connectivity index (χ3n) is 4.86. The molecule has 1 fully saturated rings. The van der Waals surface area contributed by atoms with Crippen LogP contribution in [0.4, 0.5) is 0 Å². The van der Waals surface area contributed by atoms with E-state index in [1.165, 1.54) is 0 Å². The van der Waals surface area contributed by atoms with Crippen LogP contribution in [0.2, 0.25) is 0 Å². The summed E-state index contributed by atoms with van der Waals surface area (Å²) in [6.45, 7) is 7.60. The molecule has 1 amide bonds. The van der Waals surface area contributed by atoms with Crippen LogP contribution in [-0.2, 0) is 9.84 Å². The second-order valence-electron chi connectivity index (χ2n) is 7.58. The first-order chi connectivity index (χ1) is 12.8. The molecule has 0 saturated carbocycles. The zero-order chi connectivity index (χ0) is 19.6. The van der Waals surface area contributed by atoms with Crippen molar-refractivity contribution in [1.29, 1.82) is 0 Å². The Kier molecular flexibility index (Phi) is 5.69. The topological polar surface area (TPSA) is 80.5 Å². The van der Waals surface area contributed by atoms with Crippen molar-refractivity contribution in [2.24, 2.45) is 11.8 Å². The number of aromatic nitrogens is 1. The van der Waals surface area contributed by atoms with Crippen molar-refractivity contribution in [2.45, 2.75) is 38.5 Å². The van der Waals surface area contributed by atoms with Gasteiger partial charge in [0.2, 0.25) is 0 Å². The van der Waals surface area contributed by atoms with Gasteiger partial charge in [0.15, 0.2) is 21.3 Å². The van der Waals surface area contributed by atoms with Crippen LogP contribution in [0, 0.1) is 11.8 Å². The van der Waals surface area contributed by atoms with Gasteiger partial charge in [-0.15, -0.1) is 0 Å². The van der Waals surface area contributed by atoms with Crippen LogP contribution < -0.4 is 0 Å². The molecule has 0 radical (unpaired) electrons. The molecule has 3 rings (SSSR count). The highest BCUT2D eigenvalue weighted by Crippen LogP contribution is 2.26. The maximum absolute atomic E-state index is 12.7. The van der Waals surface area contributed by atoms with Crippen molar-refractivity contribution in [3.63, 3.8) is 0 Å². The van der Waals surface area contributed by atoms with Crippen molar-refractivity contribution >= 4 is 15.7 Å². The molecule has 146 valence electrons. The molecule has 2 atom stereocenters. The average molecular weight is 391 g/mol. The number of piperidine rings is 1. The lowest BCUT2D eigenvalue weighted by Crippen LogP contribution is -2.42. The number of likely N-dealkylation sites (tertiary alicyclic amines) is 1. The molecule has 2 aromatic rings. The Morgan fingerprint density at radius 3 is 2.41 bits per heavy atom. The molecule has 27 heavy (non-hydrogen) atoms. The van der Waals surface area contributed by atoms with E-state index in [9.17, 15) is 13.2 Å². The summed E-state index contributed by atoms with van der Waals surface area (Å²) in [5.74, 6) is 1.41. The zero-order valence-corrected chi connectivity index (χ0v) is 16.8. The molecule has 1 saturated heterocycles. The van der Waals surface area contributed by atoms with E-state index >= 15 is 0 Å². The number of rotatable bonds is 5. The highest BCUT2D eigenvalue weighted by Gasteiger charge is 2.28. The predicted octanol–water partition coefficient (Wildman–Crippen LogP) is 3.64. The lowest BCUT2D eigenvalue weighted by molar-refractivity contribution is 0.0613. The second kappa shape index (κ2) is 7.84. The van der Waals surface area contributed by atoms with Crippen LogP contribution in [0.15, 0.2) is 39.8 Å². The largest absolute Gasteiger partial charge is 0.355 e. The van der Waals surface area contributed by atoms with E-state index in [1.807, 2.05) is 11.8 Å². The quantitative estimate of drug-likeness (QED) is 0.778. The molecular formula is C20H26N2O4S. The molecule has 2 unspecified atom stereocenters. The molecule has 1 aromatic carbocycles. The lowest BCUT2D eigenvalue weighted by Gasteiger charge is -2.34. The van der Waals surface area contributed by atoms with Crippen molar-refractivity contribution in [3.05, 3.63) is 36.0 Å². The van der Waals surface area contributed by atoms with Gasteiger partial charge in [-0.2, -0.15) is 0 Å². The fraction of sp³-hybridized carbons (Fsp3) is 0.500. The van der Waals surface area contributed by atoms with Gasteiger partial charge in [-0.25, -0.2) is 8.42 Å². The molecule has 2 heterocycles. The van der Waals surface area contributed by atoms with E-state index in [0.29, 0.717) is 34.5 Å². The minimum absolute atomic E-state index is 0.120. The summed E-state index contributed by atoms with van der Waals surface area (Å²) in [5.41, 5.74) is 0.978. The first-order valence-corrected chi connectivity index (χ1v) is 11.0. The Bertz CT molecular complexity index is 892. The molecule has 7 heteroatoms. The maximum atomic E-state index is 12.7. The molecule has 1 aromatic heterocycles. The van der Waals surface area contributed by atoms with Gasteiger partial charge < -0.3 is 9.42 Å². The standard InChI is InChI=1S/C20H26N2O4S/c1-4-9-27(24,25)17-7-5-16(6-8-17)19-11-18(21-26-19)20(23)22-12-14(2)10-15(3)13-22/h5-8,11,14-15H,4,9-10,12-13H2,1-3H3. The van der Waals surface area contributed by atoms with Gasteiger partial charge >= 0.3 is 0 Å². The first kappa shape index (κ1) is 19.6. The molecule has 6 nitrogen and oxygen atoms in total. The van der Waals surface area contributed by atoms with Gasteiger partial charge in [0.05, 0.1) is 10.6 Å². The van der Waals surface area contributed by atoms with Crippen molar-refractivity contribution in [2.75, 3.05) is 18.8 Å². The molecule has 0 N–H and O–H groups in total. The fourth-order valence-electron chi connectivity index (χ4n) is 3.72. The Labute approximate surface area is 160 Å². The fourth-order valence-corrected chi connectivity index (χ4v) is 5.04. The molecule has 0 bridgehead atoms. The summed E-state index contributed by atoms with van der Waals surface area (Å²) in [5, 5.41) is 3.93. The number of carbonyl (C=O) groups excluding carboxylic acids is 1. The smallest absolute Gasteiger partial charge is 0.276 e. The van der Waals surface area contributed by atoms with Crippen LogP contribution in [0.5, 0.6) is 0 Å². The van der Waals surface area contributed by atoms with E-state index in [0.717, 1.165) is 19.5 Å². The average Bonchev–Trinajstić information content (AvgIpc) is 3.10. The van der Waals surface area contributed by atoms with E-state index in [1.54, 1.807) is 30.3 Å². The van der Waals surface area contributed by atoms with Crippen molar-refractivity contribution in [1.82, 2.24) is 10.1 Å². The second-order valence-corrected chi connectivity index (χ2v) is 9.68. The summed E-state index contributed by atoms with van der Waals surface area (Å²) in [7, 11) is -3.25. The molecule has 1 aliphatic heterocycles. The molecule has 1 aliphatic rings. The van der Waals surface area contributed by atoms with E-state index in [2.05, 4.69) is 19.0 Å². The van der Waals surface area contributed by atoms with Gasteiger partial charge in [0.25, 0.3) is 5.91 Å². The van der Waals surface area contributed by atoms with Gasteiger partial charge in [0, 0.05) is 24.7 Å². The van der Waals surface area contributed by atoms with E-state index < -0.39 is 9.84 Å². The third-order valence-corrected chi connectivity index (χ3v) is 6.79. The van der Waals surface area contributed by atoms with Gasteiger partial charge in [-0.1, -0.05) is 25.9 Å². The van der Waals surface area contributed by atoms with E-state index in [4.69, 9.17) is 4.52 Å². The Morgan fingerprint density at radius 1 is 1.19 bits per heavy atom. The van der Waals surface area contributed by atoms with Crippen LogP contribution in [0.25, 0.3) is 11.3 Å². The summed E-state index contributed by atoms with van der Waals surface area (Å²) in [6, 6.07) is 8.13. The molecule has 0 aliphatic carbocycles. The Balaban J connectivity index is 1.76. The van der Waals surface area contributed by atoms with Gasteiger partial charge in [-0.05, 0) is 48.9 Å². The van der Waals surface area contributed by atoms with Crippen LogP contribution >= 0.6 is 0 Å². The predicted molar refractivity (Wildman–Crippen MR) is 103 cm³/mol. The van der Waals surface area contributed by atoms with Crippen molar-refractivity contribution < 1.29 is 17.7 Å². The minimum Gasteiger partial charge on any atom is -0.355 e. The Morgan fingerprint density at radius 2 is 1.81 bits per heavy atom. The SMILES string of the molecule is CCCS(=O)(=O)c1ccc(-c2cc(C(=O)N3CC(C)CC(C)C3)no2)cc1. The number of benzene rings is 1. The number of amides is 1. The number of carbonyl (C=O) groups is 1. The lowest BCUT2D eigenvalue weighted by atomic mass is 9.92. The highest BCUT2D eigenvalue weighted by atomic mass is 32.2. The zero-order valence-electron chi connectivity index (χ0n) is 16.0. The molecular weight excluding hydrogens is 364 g/mol. The van der Waals surface area contributed by atoms with Crippen LogP contribution in [-0.4, -0.2) is 43.2 Å². The number of sulfone groups is 1. The number of hydrogen-bond acceptors (Lipinski definition) is 5. The summed E-state index contributed by atoms with van der Waals surface area (Å²) < 4.78 is 29.6. The monoisotopic (exact) mass is 390 g/mol. The minimum atomic E-state index is -3.25. The van der Waals surface area contributed by atoms with Crippen molar-refractivity contribution in [3.8, 4) is 11.3 Å². The maximum Gasteiger partial charge on any atom is 0.276 e.